The molecule has 5 nitrogen and oxygen atoms in total. The van der Waals surface area contributed by atoms with Crippen molar-refractivity contribution in [1.82, 2.24) is 4.98 Å². The average Bonchev–Trinajstić information content (AvgIpc) is 3.21. The number of aromatic nitrogens is 1. The molecule has 0 radical (unpaired) electrons. The summed E-state index contributed by atoms with van der Waals surface area (Å²) in [4.78, 5) is 20.4. The number of carbonyl (C=O) groups is 1. The number of carbonyl (C=O) groups excluding carboxylic acids is 1. The SMILES string of the molecule is Cc1ccc2nc3c(c(O)c2c1)C(=O)c1cc(Oc2ccc(C(C)(C)C)cc2C(C)(C)C)c2c4cccc5ccc(Oc6ccc(C(C)(C)C)cc6C(C)(C)C)c(c6ccc-3c1c62)c54. The fraction of sp³-hybridized carbons (Fsp3) is 0.288. The maximum absolute atomic E-state index is 15.3. The molecule has 1 heterocycles. The molecule has 0 saturated carbocycles. The highest BCUT2D eigenvalue weighted by Crippen LogP contribution is 2.54. The van der Waals surface area contributed by atoms with Gasteiger partial charge < -0.3 is 14.6 Å². The van der Waals surface area contributed by atoms with Crippen LogP contribution in [0.3, 0.4) is 0 Å². The molecule has 1 aromatic heterocycles. The lowest BCUT2D eigenvalue weighted by atomic mass is 9.79. The van der Waals surface area contributed by atoms with Crippen LogP contribution in [-0.2, 0) is 21.7 Å². The normalized spacial score (nSPS) is 13.5. The fourth-order valence-electron chi connectivity index (χ4n) is 9.88. The number of ether oxygens (including phenoxy) is 2. The highest BCUT2D eigenvalue weighted by Gasteiger charge is 2.35. The molecule has 0 spiro atoms. The first-order chi connectivity index (χ1) is 30.0. The van der Waals surface area contributed by atoms with E-state index in [2.05, 4.69) is 162 Å². The van der Waals surface area contributed by atoms with Crippen molar-refractivity contribution in [3.63, 3.8) is 0 Å². The van der Waals surface area contributed by atoms with E-state index in [1.807, 2.05) is 31.2 Å². The molecule has 10 rings (SSSR count). The molecule has 0 unspecified atom stereocenters. The zero-order valence-corrected chi connectivity index (χ0v) is 39.4. The van der Waals surface area contributed by atoms with Crippen LogP contribution in [0.1, 0.15) is 127 Å². The van der Waals surface area contributed by atoms with Crippen molar-refractivity contribution in [3.05, 3.63) is 142 Å². The third-order valence-corrected chi connectivity index (χ3v) is 13.4. The van der Waals surface area contributed by atoms with Gasteiger partial charge in [-0.05, 0) is 92.3 Å². The van der Waals surface area contributed by atoms with Gasteiger partial charge in [0, 0.05) is 54.6 Å². The number of ketones is 1. The standard InChI is InChI=1S/C59H57NO4/c1-31-17-23-42-38(27-31)54(61)52-53(60-42)37-22-21-36-49-45(63-43-25-19-33(56(2,3)4)28-40(43)58(8,9)10)24-18-32-15-14-16-35(47(32)49)50-46(30-39(55(52)62)48(37)51(36)50)64-44-26-20-34(57(5,6)7)29-41(44)59(11,12)13/h14-30H,1-13H3,(H,60,61). The van der Waals surface area contributed by atoms with Gasteiger partial charge in [0.2, 0.25) is 0 Å². The zero-order chi connectivity index (χ0) is 45.6. The molecule has 0 bridgehead atoms. The van der Waals surface area contributed by atoms with Crippen LogP contribution in [0.4, 0.5) is 0 Å². The van der Waals surface area contributed by atoms with Crippen LogP contribution in [0.15, 0.2) is 103 Å². The summed E-state index contributed by atoms with van der Waals surface area (Å²) in [7, 11) is 0. The topological polar surface area (TPSA) is 68.7 Å². The van der Waals surface area contributed by atoms with Crippen molar-refractivity contribution >= 4 is 59.8 Å². The van der Waals surface area contributed by atoms with E-state index < -0.39 is 0 Å². The summed E-state index contributed by atoms with van der Waals surface area (Å²) in [5.41, 5.74) is 7.69. The maximum atomic E-state index is 15.3. The van der Waals surface area contributed by atoms with Crippen molar-refractivity contribution in [2.75, 3.05) is 0 Å². The molecular formula is C59H57NO4. The predicted octanol–water partition coefficient (Wildman–Crippen LogP) is 16.3. The molecule has 64 heavy (non-hydrogen) atoms. The smallest absolute Gasteiger partial charge is 0.199 e. The minimum absolute atomic E-state index is 0.0306. The van der Waals surface area contributed by atoms with Gasteiger partial charge in [-0.1, -0.05) is 155 Å². The number of fused-ring (bicyclic) bond motifs is 5. The first-order valence-electron chi connectivity index (χ1n) is 22.5. The van der Waals surface area contributed by atoms with Crippen LogP contribution in [0.5, 0.6) is 28.7 Å². The number of pyridine rings is 1. The minimum atomic E-state index is -0.286. The summed E-state index contributed by atoms with van der Waals surface area (Å²) in [5.74, 6) is 2.51. The largest absolute Gasteiger partial charge is 0.506 e. The maximum Gasteiger partial charge on any atom is 0.199 e. The van der Waals surface area contributed by atoms with E-state index in [9.17, 15) is 5.11 Å². The number of benzene rings is 8. The Morgan fingerprint density at radius 1 is 0.484 bits per heavy atom. The van der Waals surface area contributed by atoms with E-state index in [0.29, 0.717) is 27.9 Å². The summed E-state index contributed by atoms with van der Waals surface area (Å²) < 4.78 is 14.5. The highest BCUT2D eigenvalue weighted by molar-refractivity contribution is 6.40. The van der Waals surface area contributed by atoms with Gasteiger partial charge in [-0.15, -0.1) is 0 Å². The Labute approximate surface area is 376 Å². The molecule has 9 aromatic rings. The summed E-state index contributed by atoms with van der Waals surface area (Å²) in [6, 6.07) is 35.7. The van der Waals surface area contributed by atoms with Crippen LogP contribution >= 0.6 is 0 Å². The fourth-order valence-corrected chi connectivity index (χ4v) is 9.88. The molecule has 0 saturated heterocycles. The molecule has 322 valence electrons. The van der Waals surface area contributed by atoms with Gasteiger partial charge in [-0.2, -0.15) is 0 Å². The van der Waals surface area contributed by atoms with Crippen molar-refractivity contribution in [2.24, 2.45) is 0 Å². The van der Waals surface area contributed by atoms with Crippen LogP contribution < -0.4 is 9.47 Å². The third-order valence-electron chi connectivity index (χ3n) is 13.4. The number of aryl methyl sites for hydroxylation is 1. The van der Waals surface area contributed by atoms with E-state index in [1.165, 1.54) is 11.1 Å². The van der Waals surface area contributed by atoms with Gasteiger partial charge in [0.05, 0.1) is 16.8 Å². The lowest BCUT2D eigenvalue weighted by Crippen LogP contribution is -2.17. The first kappa shape index (κ1) is 41.5. The van der Waals surface area contributed by atoms with E-state index in [0.717, 1.165) is 82.6 Å². The number of rotatable bonds is 4. The second kappa shape index (κ2) is 13.8. The van der Waals surface area contributed by atoms with Gasteiger partial charge in [0.15, 0.2) is 5.78 Å². The lowest BCUT2D eigenvalue weighted by Gasteiger charge is -2.29. The van der Waals surface area contributed by atoms with Crippen LogP contribution in [-0.4, -0.2) is 15.9 Å². The number of nitrogens with zero attached hydrogens (tertiary/aromatic N) is 1. The van der Waals surface area contributed by atoms with Gasteiger partial charge in [-0.3, -0.25) is 4.79 Å². The van der Waals surface area contributed by atoms with Crippen LogP contribution in [0.25, 0.3) is 65.3 Å². The predicted molar refractivity (Wildman–Crippen MR) is 266 cm³/mol. The average molecular weight is 844 g/mol. The highest BCUT2D eigenvalue weighted by atomic mass is 16.5. The van der Waals surface area contributed by atoms with Crippen molar-refractivity contribution in [3.8, 4) is 40.0 Å². The first-order valence-corrected chi connectivity index (χ1v) is 22.5. The molecule has 5 heteroatoms. The minimum Gasteiger partial charge on any atom is -0.506 e. The summed E-state index contributed by atoms with van der Waals surface area (Å²) in [6.45, 7) is 28.7. The van der Waals surface area contributed by atoms with E-state index in [1.54, 1.807) is 0 Å². The van der Waals surface area contributed by atoms with E-state index in [-0.39, 0.29) is 38.8 Å². The Morgan fingerprint density at radius 2 is 1.06 bits per heavy atom. The van der Waals surface area contributed by atoms with Crippen LogP contribution in [0, 0.1) is 6.92 Å². The van der Waals surface area contributed by atoms with Crippen molar-refractivity contribution in [2.45, 2.75) is 112 Å². The number of aromatic hydroxyl groups is 1. The molecule has 8 aromatic carbocycles. The third kappa shape index (κ3) is 6.41. The quantitative estimate of drug-likeness (QED) is 0.141. The van der Waals surface area contributed by atoms with Gasteiger partial charge >= 0.3 is 0 Å². The monoisotopic (exact) mass is 843 g/mol. The second-order valence-electron chi connectivity index (χ2n) is 22.2. The summed E-state index contributed by atoms with van der Waals surface area (Å²) in [6.07, 6.45) is 0. The summed E-state index contributed by atoms with van der Waals surface area (Å²) in [5, 5.41) is 20.2. The molecule has 1 aliphatic rings. The summed E-state index contributed by atoms with van der Waals surface area (Å²) >= 11 is 0. The van der Waals surface area contributed by atoms with Crippen molar-refractivity contribution < 1.29 is 19.4 Å². The van der Waals surface area contributed by atoms with E-state index in [4.69, 9.17) is 14.5 Å². The zero-order valence-electron chi connectivity index (χ0n) is 39.4. The molecule has 0 fully saturated rings. The van der Waals surface area contributed by atoms with Gasteiger partial charge in [0.25, 0.3) is 0 Å². The molecule has 0 amide bonds. The Morgan fingerprint density at radius 3 is 1.67 bits per heavy atom. The second-order valence-corrected chi connectivity index (χ2v) is 22.2. The Balaban J connectivity index is 1.33. The molecule has 1 aliphatic carbocycles. The lowest BCUT2D eigenvalue weighted by molar-refractivity contribution is 0.103. The molecule has 0 aliphatic heterocycles. The van der Waals surface area contributed by atoms with Crippen molar-refractivity contribution in [1.29, 1.82) is 0 Å². The van der Waals surface area contributed by atoms with E-state index >= 15 is 4.79 Å². The Bertz CT molecular complexity index is 3450. The van der Waals surface area contributed by atoms with Gasteiger partial charge in [-0.25, -0.2) is 4.98 Å². The van der Waals surface area contributed by atoms with Crippen LogP contribution in [0.2, 0.25) is 0 Å². The molecule has 0 atom stereocenters. The number of hydrogen-bond donors (Lipinski definition) is 1. The molecule has 1 N–H and O–H groups in total. The Hall–Kier alpha value is -6.46. The number of hydrogen-bond acceptors (Lipinski definition) is 5. The van der Waals surface area contributed by atoms with Gasteiger partial charge in [0.1, 0.15) is 28.7 Å². The Kier molecular flexibility index (Phi) is 8.94. The molecular weight excluding hydrogens is 787 g/mol.